The number of benzene rings is 6. The molecule has 0 fully saturated rings. The van der Waals surface area contributed by atoms with Gasteiger partial charge in [-0.2, -0.15) is 0 Å². The Kier molecular flexibility index (Phi) is 8.84. The van der Waals surface area contributed by atoms with Crippen LogP contribution in [0.3, 0.4) is 0 Å². The molecule has 6 aromatic carbocycles. The van der Waals surface area contributed by atoms with Crippen LogP contribution in [0.25, 0.3) is 43.0 Å². The van der Waals surface area contributed by atoms with Gasteiger partial charge in [-0.15, -0.1) is 0 Å². The summed E-state index contributed by atoms with van der Waals surface area (Å²) in [5.74, 6) is 0.264. The second-order valence-electron chi connectivity index (χ2n) is 14.1. The predicted molar refractivity (Wildman–Crippen MR) is 232 cm³/mol. The van der Waals surface area contributed by atoms with Gasteiger partial charge in [-0.05, 0) is 119 Å². The van der Waals surface area contributed by atoms with Crippen molar-refractivity contribution in [3.8, 4) is 0 Å². The van der Waals surface area contributed by atoms with Crippen LogP contribution in [0.1, 0.15) is 22.3 Å². The van der Waals surface area contributed by atoms with E-state index >= 15 is 0 Å². The Morgan fingerprint density at radius 1 is 0.379 bits per heavy atom. The Balaban J connectivity index is 1.32. The fourth-order valence-electron chi connectivity index (χ4n) is 7.81. The van der Waals surface area contributed by atoms with E-state index in [1.807, 2.05) is 38.4 Å². The first-order valence-electron chi connectivity index (χ1n) is 18.5. The van der Waals surface area contributed by atoms with Crippen molar-refractivity contribution < 1.29 is 17.6 Å². The molecule has 0 radical (unpaired) electrons. The zero-order valence-electron chi connectivity index (χ0n) is 31.1. The summed E-state index contributed by atoms with van der Waals surface area (Å²) in [7, 11) is 4.05. The molecule has 4 heterocycles. The van der Waals surface area contributed by atoms with E-state index in [-0.39, 0.29) is 23.3 Å². The average Bonchev–Trinajstić information content (AvgIpc) is 4.00. The average molecular weight is 805 g/mol. The van der Waals surface area contributed by atoms with Crippen LogP contribution in [-0.4, -0.2) is 9.13 Å². The highest BCUT2D eigenvalue weighted by atomic mass is 32.2. The summed E-state index contributed by atoms with van der Waals surface area (Å²) in [6.45, 7) is 0. The number of halogens is 4. The normalized spacial score (nSPS) is 15.9. The number of hydrogen-bond acceptors (Lipinski definition) is 4. The lowest BCUT2D eigenvalue weighted by atomic mass is 10.1. The van der Waals surface area contributed by atoms with Crippen LogP contribution in [0.2, 0.25) is 0 Å². The molecular formula is C48H32F4N4S2. The van der Waals surface area contributed by atoms with Crippen molar-refractivity contribution in [2.75, 3.05) is 9.80 Å². The molecule has 10 rings (SSSR count). The molecule has 0 aliphatic carbocycles. The molecule has 2 aliphatic rings. The zero-order chi connectivity index (χ0) is 39.7. The van der Waals surface area contributed by atoms with Crippen molar-refractivity contribution in [1.29, 1.82) is 0 Å². The minimum Gasteiger partial charge on any atom is -0.330 e. The van der Waals surface area contributed by atoms with E-state index in [1.54, 1.807) is 72.1 Å². The molecule has 58 heavy (non-hydrogen) atoms. The summed E-state index contributed by atoms with van der Waals surface area (Å²) in [5.41, 5.74) is 6.72. The Morgan fingerprint density at radius 3 is 1.02 bits per heavy atom. The minimum atomic E-state index is -0.363. The number of para-hydroxylation sites is 2. The number of aromatic nitrogens is 2. The van der Waals surface area contributed by atoms with Gasteiger partial charge >= 0.3 is 0 Å². The van der Waals surface area contributed by atoms with E-state index < -0.39 is 0 Å². The lowest BCUT2D eigenvalue weighted by molar-refractivity contribution is 0.627. The van der Waals surface area contributed by atoms with E-state index in [2.05, 4.69) is 55.3 Å². The largest absolute Gasteiger partial charge is 0.330 e. The van der Waals surface area contributed by atoms with Gasteiger partial charge in [0.1, 0.15) is 45.0 Å². The summed E-state index contributed by atoms with van der Waals surface area (Å²) < 4.78 is 62.7. The standard InChI is InChI=1S/C48H32F4N4S2/c1-53-39-9-5-3-7-33(39)27-41(53)55-43(29-11-19-35(49)20-12-29)45(31-15-23-37(51)24-16-31)57-47(55)48-56(42-28-34-8-4-6-10-40(34)54(42)2)44(30-13-21-36(50)22-14-30)46(58-48)32-17-25-38(52)26-18-32/h3-28H,1-2H3/b48-47+. The number of aryl methyl sites for hydroxylation is 2. The van der Waals surface area contributed by atoms with Crippen molar-refractivity contribution in [1.82, 2.24) is 9.13 Å². The van der Waals surface area contributed by atoms with Gasteiger partial charge in [-0.25, -0.2) is 17.6 Å². The maximum atomic E-state index is 14.7. The highest BCUT2D eigenvalue weighted by Gasteiger charge is 2.42. The number of thioether (sulfide) groups is 2. The van der Waals surface area contributed by atoms with E-state index in [4.69, 9.17) is 0 Å². The van der Waals surface area contributed by atoms with Crippen LogP contribution in [0.5, 0.6) is 0 Å². The van der Waals surface area contributed by atoms with Gasteiger partial charge in [0, 0.05) is 45.7 Å². The minimum absolute atomic E-state index is 0.356. The van der Waals surface area contributed by atoms with Gasteiger partial charge in [0.15, 0.2) is 0 Å². The molecule has 0 atom stereocenters. The number of nitrogens with zero attached hydrogens (tertiary/aromatic N) is 4. The number of fused-ring (bicyclic) bond motifs is 2. The van der Waals surface area contributed by atoms with Crippen molar-refractivity contribution >= 4 is 78.2 Å². The Labute approximate surface area is 340 Å². The van der Waals surface area contributed by atoms with Crippen LogP contribution in [0.15, 0.2) is 168 Å². The van der Waals surface area contributed by atoms with Gasteiger partial charge in [0.2, 0.25) is 0 Å². The lowest BCUT2D eigenvalue weighted by Crippen LogP contribution is -2.25. The van der Waals surface area contributed by atoms with Crippen LogP contribution >= 0.6 is 23.5 Å². The van der Waals surface area contributed by atoms with Crippen molar-refractivity contribution in [3.63, 3.8) is 0 Å². The third-order valence-corrected chi connectivity index (χ3v) is 13.2. The molecule has 0 amide bonds. The maximum absolute atomic E-state index is 14.7. The Hall–Kier alpha value is -6.36. The molecular weight excluding hydrogens is 773 g/mol. The molecule has 284 valence electrons. The van der Waals surface area contributed by atoms with Gasteiger partial charge in [-0.3, -0.25) is 9.80 Å². The zero-order valence-corrected chi connectivity index (χ0v) is 32.8. The Bertz CT molecular complexity index is 2790. The van der Waals surface area contributed by atoms with E-state index in [9.17, 15) is 17.6 Å². The first kappa shape index (κ1) is 36.0. The molecule has 0 spiro atoms. The predicted octanol–water partition coefficient (Wildman–Crippen LogP) is 13.2. The third-order valence-electron chi connectivity index (χ3n) is 10.6. The van der Waals surface area contributed by atoms with Gasteiger partial charge in [0.05, 0.1) is 11.4 Å². The summed E-state index contributed by atoms with van der Waals surface area (Å²) in [5, 5.41) is 3.72. The summed E-state index contributed by atoms with van der Waals surface area (Å²) >= 11 is 3.09. The molecule has 2 aliphatic heterocycles. The summed E-state index contributed by atoms with van der Waals surface area (Å²) in [4.78, 5) is 6.11. The van der Waals surface area contributed by atoms with E-state index in [0.717, 1.165) is 87.0 Å². The molecule has 4 nitrogen and oxygen atoms in total. The number of rotatable bonds is 6. The number of hydrogen-bond donors (Lipinski definition) is 0. The fraction of sp³-hybridized carbons (Fsp3) is 0.0417. The number of anilines is 2. The quantitative estimate of drug-likeness (QED) is 0.156. The first-order chi connectivity index (χ1) is 28.2. The molecule has 0 saturated heterocycles. The molecule has 8 aromatic rings. The van der Waals surface area contributed by atoms with Crippen LogP contribution in [0, 0.1) is 23.3 Å². The second-order valence-corrected chi connectivity index (χ2v) is 16.1. The topological polar surface area (TPSA) is 16.3 Å². The highest BCUT2D eigenvalue weighted by molar-refractivity contribution is 8.16. The fourth-order valence-corrected chi connectivity index (χ4v) is 10.5. The van der Waals surface area contributed by atoms with E-state index in [1.165, 1.54) is 48.5 Å². The van der Waals surface area contributed by atoms with Crippen LogP contribution in [-0.2, 0) is 14.1 Å². The Morgan fingerprint density at radius 2 is 0.690 bits per heavy atom. The third kappa shape index (κ3) is 6.02. The molecule has 2 aromatic heterocycles. The van der Waals surface area contributed by atoms with Crippen molar-refractivity contribution in [2.45, 2.75) is 0 Å². The van der Waals surface area contributed by atoms with Crippen LogP contribution < -0.4 is 9.80 Å². The molecule has 0 unspecified atom stereocenters. The summed E-state index contributed by atoms with van der Waals surface area (Å²) in [6, 6.07) is 46.4. The molecule has 0 saturated carbocycles. The van der Waals surface area contributed by atoms with Gasteiger partial charge < -0.3 is 9.13 Å². The molecule has 0 bridgehead atoms. The molecule has 0 N–H and O–H groups in total. The van der Waals surface area contributed by atoms with Crippen molar-refractivity contribution in [2.24, 2.45) is 14.1 Å². The SMILES string of the molecule is Cn1c(N2C(c3ccc(F)cc3)=C(c3ccc(F)cc3)S/C2=C2/SC(c3ccc(F)cc3)=C(c3ccc(F)cc3)N2c2cc3ccccc3n2C)cc2ccccc21. The maximum Gasteiger partial charge on any atom is 0.123 e. The first-order valence-corrected chi connectivity index (χ1v) is 20.2. The van der Waals surface area contributed by atoms with E-state index in [0.29, 0.717) is 0 Å². The second kappa shape index (κ2) is 14.2. The lowest BCUT2D eigenvalue weighted by Gasteiger charge is -2.30. The highest BCUT2D eigenvalue weighted by Crippen LogP contribution is 2.61. The molecule has 10 heteroatoms. The van der Waals surface area contributed by atoms with Crippen LogP contribution in [0.4, 0.5) is 29.2 Å². The summed E-state index contributed by atoms with van der Waals surface area (Å²) in [6.07, 6.45) is 0. The smallest absolute Gasteiger partial charge is 0.123 e. The van der Waals surface area contributed by atoms with Gasteiger partial charge in [-0.1, -0.05) is 84.2 Å². The van der Waals surface area contributed by atoms with Crippen molar-refractivity contribution in [3.05, 3.63) is 213 Å². The van der Waals surface area contributed by atoms with Gasteiger partial charge in [0.25, 0.3) is 0 Å². The monoisotopic (exact) mass is 804 g/mol.